The predicted molar refractivity (Wildman–Crippen MR) is 203 cm³/mol. The Morgan fingerprint density at radius 2 is 1.56 bits per heavy atom. The maximum Gasteiger partial charge on any atom is 0.490 e. The predicted octanol–water partition coefficient (Wildman–Crippen LogP) is 9.66. The van der Waals surface area contributed by atoms with E-state index in [1.807, 2.05) is 91.0 Å². The lowest BCUT2D eigenvalue weighted by atomic mass is 10.0. The van der Waals surface area contributed by atoms with Gasteiger partial charge in [-0.15, -0.1) is 0 Å². The maximum atomic E-state index is 14.0. The number of carboxylic acid groups (broad SMARTS) is 1. The first-order valence-corrected chi connectivity index (χ1v) is 17.7. The Balaban J connectivity index is 0.000000730. The van der Waals surface area contributed by atoms with Crippen LogP contribution >= 0.6 is 23.2 Å². The highest BCUT2D eigenvalue weighted by Gasteiger charge is 2.38. The van der Waals surface area contributed by atoms with E-state index in [1.54, 1.807) is 17.0 Å². The highest BCUT2D eigenvalue weighted by Crippen LogP contribution is 2.36. The molecule has 0 aromatic heterocycles. The van der Waals surface area contributed by atoms with Gasteiger partial charge in [-0.2, -0.15) is 13.2 Å². The number of rotatable bonds is 11. The first-order valence-electron chi connectivity index (χ1n) is 16.9. The topological polar surface area (TPSA) is 122 Å². The molecule has 0 spiro atoms. The molecule has 0 fully saturated rings. The molecule has 4 N–H and O–H groups in total. The number of amides is 2. The summed E-state index contributed by atoms with van der Waals surface area (Å²) < 4.78 is 38.0. The summed E-state index contributed by atoms with van der Waals surface area (Å²) in [6, 6.07) is 36.3. The fourth-order valence-electron chi connectivity index (χ4n) is 5.96. The minimum Gasteiger partial charge on any atom is -0.475 e. The van der Waals surface area contributed by atoms with E-state index in [2.05, 4.69) is 17.4 Å². The molecule has 1 unspecified atom stereocenters. The number of carbonyl (C=O) groups is 3. The van der Waals surface area contributed by atoms with E-state index in [1.165, 1.54) is 5.56 Å². The number of ether oxygens (including phenoxy) is 1. The lowest BCUT2D eigenvalue weighted by Gasteiger charge is -2.26. The van der Waals surface area contributed by atoms with Crippen LogP contribution in [0.1, 0.15) is 47.6 Å². The van der Waals surface area contributed by atoms with Crippen LogP contribution in [0.5, 0.6) is 11.5 Å². The third kappa shape index (κ3) is 10.6. The number of nitrogens with zero attached hydrogens (tertiary/aromatic N) is 1. The van der Waals surface area contributed by atoms with Crippen LogP contribution in [0.25, 0.3) is 11.1 Å². The molecule has 6 rings (SSSR count). The van der Waals surface area contributed by atoms with Gasteiger partial charge in [-0.1, -0.05) is 96.0 Å². The number of nitrogens with one attached hydrogen (secondary N) is 1. The molecule has 1 aliphatic carbocycles. The van der Waals surface area contributed by atoms with Crippen LogP contribution in [0.15, 0.2) is 115 Å². The van der Waals surface area contributed by atoms with Crippen molar-refractivity contribution < 1.29 is 37.4 Å². The molecule has 0 saturated heterocycles. The highest BCUT2D eigenvalue weighted by atomic mass is 35.5. The molecule has 5 aromatic carbocycles. The standard InChI is InChI=1S/C39H35Cl2N3O3.C2HF3O2/c40-30-17-18-34(41)33(23-30)29-14-12-26(13-15-29)25-44(36-10-3-4-11-37(36)47-31-8-5-6-27(22-31)24-42)39(46)21-20-38(45)43-35-19-16-28-7-1-2-9-32(28)35;3-2(4,5)1(6)7/h1-15,17-18,22-23,35H,16,19-21,24-25,42H2,(H,43,45);(H,6,7). The second kappa shape index (κ2) is 18.1. The molecule has 1 aliphatic rings. The second-order valence-corrected chi connectivity index (χ2v) is 13.2. The minimum atomic E-state index is -5.08. The summed E-state index contributed by atoms with van der Waals surface area (Å²) >= 11 is 12.7. The number of para-hydroxylation sites is 2. The van der Waals surface area contributed by atoms with E-state index in [4.69, 9.17) is 43.6 Å². The van der Waals surface area contributed by atoms with Gasteiger partial charge in [0, 0.05) is 35.0 Å². The second-order valence-electron chi connectivity index (χ2n) is 12.4. The molecular weight excluding hydrogens is 742 g/mol. The van der Waals surface area contributed by atoms with Crippen molar-refractivity contribution in [2.24, 2.45) is 5.73 Å². The lowest BCUT2D eigenvalue weighted by Crippen LogP contribution is -2.33. The van der Waals surface area contributed by atoms with Gasteiger partial charge >= 0.3 is 12.1 Å². The Morgan fingerprint density at radius 1 is 0.852 bits per heavy atom. The van der Waals surface area contributed by atoms with Gasteiger partial charge in [0.1, 0.15) is 5.75 Å². The van der Waals surface area contributed by atoms with E-state index in [9.17, 15) is 22.8 Å². The van der Waals surface area contributed by atoms with Gasteiger partial charge in [0.25, 0.3) is 0 Å². The van der Waals surface area contributed by atoms with Crippen molar-refractivity contribution in [3.63, 3.8) is 0 Å². The first kappa shape index (κ1) is 39.8. The normalized spacial score (nSPS) is 13.3. The van der Waals surface area contributed by atoms with Gasteiger partial charge in [0.2, 0.25) is 11.8 Å². The number of hydrogen-bond acceptors (Lipinski definition) is 5. The van der Waals surface area contributed by atoms with E-state index in [0.29, 0.717) is 33.8 Å². The SMILES string of the molecule is NCc1cccc(Oc2ccccc2N(Cc2ccc(-c3cc(Cl)ccc3Cl)cc2)C(=O)CCC(=O)NC2CCc3ccccc32)c1.O=C(O)C(F)(F)F. The fraction of sp³-hybridized carbons (Fsp3) is 0.195. The molecule has 5 aromatic rings. The van der Waals surface area contributed by atoms with E-state index in [-0.39, 0.29) is 37.2 Å². The molecule has 54 heavy (non-hydrogen) atoms. The number of fused-ring (bicyclic) bond motifs is 1. The van der Waals surface area contributed by atoms with Crippen LogP contribution in [0, 0.1) is 0 Å². The first-order chi connectivity index (χ1) is 25.8. The molecule has 0 heterocycles. The number of aliphatic carboxylic acids is 1. The van der Waals surface area contributed by atoms with Crippen LogP contribution in [0.3, 0.4) is 0 Å². The van der Waals surface area contributed by atoms with Crippen LogP contribution < -0.4 is 20.7 Å². The van der Waals surface area contributed by atoms with Gasteiger partial charge in [-0.3, -0.25) is 9.59 Å². The maximum absolute atomic E-state index is 14.0. The fourth-order valence-corrected chi connectivity index (χ4v) is 6.36. The molecular formula is C41H36Cl2F3N3O5. The molecule has 2 amide bonds. The number of nitrogens with two attached hydrogens (primary N) is 1. The lowest BCUT2D eigenvalue weighted by molar-refractivity contribution is -0.192. The van der Waals surface area contributed by atoms with Crippen LogP contribution in [-0.4, -0.2) is 29.1 Å². The molecule has 0 radical (unpaired) electrons. The van der Waals surface area contributed by atoms with Gasteiger partial charge < -0.3 is 25.8 Å². The number of carbonyl (C=O) groups excluding carboxylic acids is 2. The molecule has 0 aliphatic heterocycles. The van der Waals surface area contributed by atoms with Crippen LogP contribution in [0.4, 0.5) is 18.9 Å². The summed E-state index contributed by atoms with van der Waals surface area (Å²) in [5, 5.41) is 11.5. The number of halogens is 5. The van der Waals surface area contributed by atoms with Crippen LogP contribution in [0.2, 0.25) is 10.0 Å². The zero-order valence-electron chi connectivity index (χ0n) is 28.8. The Kier molecular flexibility index (Phi) is 13.4. The summed E-state index contributed by atoms with van der Waals surface area (Å²) in [7, 11) is 0. The van der Waals surface area contributed by atoms with E-state index >= 15 is 0 Å². The summed E-state index contributed by atoms with van der Waals surface area (Å²) in [5.41, 5.74) is 12.4. The number of carboxylic acids is 1. The van der Waals surface area contributed by atoms with Crippen molar-refractivity contribution in [1.82, 2.24) is 5.32 Å². The quantitative estimate of drug-likeness (QED) is 0.123. The average molecular weight is 779 g/mol. The summed E-state index contributed by atoms with van der Waals surface area (Å²) in [5.74, 6) is -1.96. The van der Waals surface area contributed by atoms with Crippen molar-refractivity contribution >= 4 is 46.7 Å². The Bertz CT molecular complexity index is 2110. The van der Waals surface area contributed by atoms with Gasteiger partial charge in [-0.25, -0.2) is 4.79 Å². The highest BCUT2D eigenvalue weighted by molar-refractivity contribution is 6.35. The van der Waals surface area contributed by atoms with Crippen LogP contribution in [-0.2, 0) is 33.9 Å². The van der Waals surface area contributed by atoms with Gasteiger partial charge in [0.15, 0.2) is 5.75 Å². The number of anilines is 1. The van der Waals surface area contributed by atoms with Crippen molar-refractivity contribution in [3.05, 3.63) is 148 Å². The van der Waals surface area contributed by atoms with Gasteiger partial charge in [0.05, 0.1) is 18.3 Å². The van der Waals surface area contributed by atoms with Crippen molar-refractivity contribution in [1.29, 1.82) is 0 Å². The Hall–Kier alpha value is -5.36. The summed E-state index contributed by atoms with van der Waals surface area (Å²) in [4.78, 5) is 37.7. The molecule has 0 bridgehead atoms. The monoisotopic (exact) mass is 777 g/mol. The van der Waals surface area contributed by atoms with Crippen molar-refractivity contribution in [2.45, 2.75) is 51.0 Å². The molecule has 1 atom stereocenters. The van der Waals surface area contributed by atoms with Gasteiger partial charge in [-0.05, 0) is 83.1 Å². The van der Waals surface area contributed by atoms with Crippen molar-refractivity contribution in [2.75, 3.05) is 4.90 Å². The molecule has 280 valence electrons. The zero-order valence-corrected chi connectivity index (χ0v) is 30.3. The third-order valence-electron chi connectivity index (χ3n) is 8.63. The average Bonchev–Trinajstić information content (AvgIpc) is 3.56. The minimum absolute atomic E-state index is 0.0326. The largest absolute Gasteiger partial charge is 0.490 e. The van der Waals surface area contributed by atoms with E-state index in [0.717, 1.165) is 40.7 Å². The molecule has 0 saturated carbocycles. The Morgan fingerprint density at radius 3 is 2.28 bits per heavy atom. The zero-order chi connectivity index (χ0) is 38.8. The number of alkyl halides is 3. The number of hydrogen-bond donors (Lipinski definition) is 3. The Labute approximate surface area is 320 Å². The summed E-state index contributed by atoms with van der Waals surface area (Å²) in [6.07, 6.45) is -3.19. The van der Waals surface area contributed by atoms with E-state index < -0.39 is 12.1 Å². The molecule has 13 heteroatoms. The summed E-state index contributed by atoms with van der Waals surface area (Å²) in [6.45, 7) is 0.650. The van der Waals surface area contributed by atoms with Crippen molar-refractivity contribution in [3.8, 4) is 22.6 Å². The molecule has 8 nitrogen and oxygen atoms in total. The smallest absolute Gasteiger partial charge is 0.475 e. The number of benzene rings is 5. The third-order valence-corrected chi connectivity index (χ3v) is 9.19. The number of aryl methyl sites for hydroxylation is 1.